The average Bonchev–Trinajstić information content (AvgIpc) is 3.90. The molecule has 1 unspecified atom stereocenters. The van der Waals surface area contributed by atoms with Gasteiger partial charge in [0, 0.05) is 36.2 Å². The van der Waals surface area contributed by atoms with Crippen LogP contribution >= 0.6 is 0 Å². The molecule has 3 aromatic carbocycles. The standard InChI is InChI=1S/C32H31N3O4/c1-37-17-18-38-26-15-16-27-28(20-33)30(35(25-13-14-25)29(27)19-26)21-9-11-24(12-10-21)34-32(36)39-31(23-7-8-23)22-5-3-2-4-6-22/h2-6,9-12,15-16,19,23,25,31H,7-8,13-14,17-18H2,1H3,(H,34,36). The number of carbonyl (C=O) groups is 1. The highest BCUT2D eigenvalue weighted by molar-refractivity contribution is 5.96. The van der Waals surface area contributed by atoms with Crippen LogP contribution in [0, 0.1) is 17.2 Å². The van der Waals surface area contributed by atoms with E-state index in [4.69, 9.17) is 14.2 Å². The van der Waals surface area contributed by atoms with Crippen molar-refractivity contribution in [2.45, 2.75) is 37.8 Å². The van der Waals surface area contributed by atoms with Crippen LogP contribution in [-0.4, -0.2) is 31.0 Å². The normalized spacial score (nSPS) is 15.5. The van der Waals surface area contributed by atoms with Crippen molar-refractivity contribution in [1.29, 1.82) is 5.26 Å². The number of nitrogens with zero attached hydrogens (tertiary/aromatic N) is 2. The quantitative estimate of drug-likeness (QED) is 0.222. The number of nitrogens with one attached hydrogen (secondary N) is 1. The molecular weight excluding hydrogens is 490 g/mol. The van der Waals surface area contributed by atoms with Crippen LogP contribution in [0.15, 0.2) is 72.8 Å². The van der Waals surface area contributed by atoms with E-state index < -0.39 is 6.09 Å². The fourth-order valence-electron chi connectivity index (χ4n) is 5.18. The molecule has 39 heavy (non-hydrogen) atoms. The largest absolute Gasteiger partial charge is 0.491 e. The van der Waals surface area contributed by atoms with Crippen LogP contribution in [0.25, 0.3) is 22.2 Å². The summed E-state index contributed by atoms with van der Waals surface area (Å²) in [6, 6.07) is 26.2. The Morgan fingerprint density at radius 3 is 2.46 bits per heavy atom. The third-order valence-corrected chi connectivity index (χ3v) is 7.37. The molecule has 2 saturated carbocycles. The number of anilines is 1. The molecule has 1 N–H and O–H groups in total. The second-order valence-electron chi connectivity index (χ2n) is 10.2. The molecule has 198 valence electrons. The Morgan fingerprint density at radius 1 is 1.03 bits per heavy atom. The number of ether oxygens (including phenoxy) is 3. The minimum atomic E-state index is -0.464. The molecule has 1 heterocycles. The molecule has 2 aliphatic carbocycles. The number of benzene rings is 3. The van der Waals surface area contributed by atoms with Gasteiger partial charge in [0.1, 0.15) is 24.5 Å². The van der Waals surface area contributed by atoms with Gasteiger partial charge in [-0.1, -0.05) is 42.5 Å². The van der Waals surface area contributed by atoms with Crippen molar-refractivity contribution in [2.75, 3.05) is 25.6 Å². The van der Waals surface area contributed by atoms with Gasteiger partial charge in [-0.25, -0.2) is 4.79 Å². The molecule has 7 heteroatoms. The van der Waals surface area contributed by atoms with Gasteiger partial charge >= 0.3 is 6.09 Å². The van der Waals surface area contributed by atoms with Crippen LogP contribution in [0.2, 0.25) is 0 Å². The van der Waals surface area contributed by atoms with E-state index in [1.807, 2.05) is 72.8 Å². The van der Waals surface area contributed by atoms with Crippen molar-refractivity contribution >= 4 is 22.7 Å². The van der Waals surface area contributed by atoms with E-state index in [9.17, 15) is 10.1 Å². The Morgan fingerprint density at radius 2 is 1.79 bits per heavy atom. The molecule has 7 nitrogen and oxygen atoms in total. The molecule has 0 radical (unpaired) electrons. The van der Waals surface area contributed by atoms with Gasteiger partial charge in [0.15, 0.2) is 0 Å². The Labute approximate surface area is 227 Å². The number of hydrogen-bond donors (Lipinski definition) is 1. The molecule has 4 aromatic rings. The van der Waals surface area contributed by atoms with E-state index in [2.05, 4.69) is 16.0 Å². The minimum absolute atomic E-state index is 0.235. The second-order valence-corrected chi connectivity index (χ2v) is 10.2. The summed E-state index contributed by atoms with van der Waals surface area (Å²) in [5.41, 5.74) is 5.14. The minimum Gasteiger partial charge on any atom is -0.491 e. The Bertz CT molecular complexity index is 1510. The zero-order chi connectivity index (χ0) is 26.8. The fraction of sp³-hybridized carbons (Fsp3) is 0.312. The first kappa shape index (κ1) is 25.0. The van der Waals surface area contributed by atoms with Crippen molar-refractivity contribution in [2.24, 2.45) is 5.92 Å². The first-order valence-electron chi connectivity index (χ1n) is 13.5. The Kier molecular flexibility index (Phi) is 6.95. The van der Waals surface area contributed by atoms with E-state index in [0.29, 0.717) is 36.4 Å². The summed E-state index contributed by atoms with van der Waals surface area (Å²) in [5, 5.41) is 13.9. The van der Waals surface area contributed by atoms with Gasteiger partial charge in [-0.2, -0.15) is 5.26 Å². The zero-order valence-electron chi connectivity index (χ0n) is 21.9. The maximum absolute atomic E-state index is 12.8. The third kappa shape index (κ3) is 5.34. The van der Waals surface area contributed by atoms with E-state index in [1.54, 1.807) is 7.11 Å². The molecular formula is C32H31N3O4. The molecule has 0 saturated heterocycles. The summed E-state index contributed by atoms with van der Waals surface area (Å²) in [6.45, 7) is 0.978. The van der Waals surface area contributed by atoms with E-state index in [0.717, 1.165) is 59.2 Å². The molecule has 0 bridgehead atoms. The highest BCUT2D eigenvalue weighted by Gasteiger charge is 2.35. The van der Waals surface area contributed by atoms with E-state index in [-0.39, 0.29) is 6.10 Å². The van der Waals surface area contributed by atoms with Crippen molar-refractivity contribution in [3.63, 3.8) is 0 Å². The third-order valence-electron chi connectivity index (χ3n) is 7.37. The first-order chi connectivity index (χ1) is 19.2. The molecule has 2 fully saturated rings. The molecule has 6 rings (SSSR count). The summed E-state index contributed by atoms with van der Waals surface area (Å²) in [5.74, 6) is 1.13. The van der Waals surface area contributed by atoms with Crippen LogP contribution < -0.4 is 10.1 Å². The topological polar surface area (TPSA) is 85.5 Å². The van der Waals surface area contributed by atoms with Gasteiger partial charge in [0.25, 0.3) is 0 Å². The van der Waals surface area contributed by atoms with Crippen LogP contribution in [0.1, 0.15) is 49.0 Å². The van der Waals surface area contributed by atoms with Crippen LogP contribution in [0.3, 0.4) is 0 Å². The number of amides is 1. The average molecular weight is 522 g/mol. The fourth-order valence-corrected chi connectivity index (χ4v) is 5.18. The highest BCUT2D eigenvalue weighted by atomic mass is 16.6. The van der Waals surface area contributed by atoms with Crippen molar-refractivity contribution in [1.82, 2.24) is 4.57 Å². The maximum Gasteiger partial charge on any atom is 0.412 e. The molecule has 1 amide bonds. The number of nitriles is 1. The van der Waals surface area contributed by atoms with E-state index in [1.165, 1.54) is 0 Å². The predicted octanol–water partition coefficient (Wildman–Crippen LogP) is 7.24. The summed E-state index contributed by atoms with van der Waals surface area (Å²) in [4.78, 5) is 12.8. The summed E-state index contributed by atoms with van der Waals surface area (Å²) >= 11 is 0. The zero-order valence-corrected chi connectivity index (χ0v) is 21.9. The smallest absolute Gasteiger partial charge is 0.412 e. The molecule has 0 spiro atoms. The lowest BCUT2D eigenvalue weighted by molar-refractivity contribution is 0.0975. The van der Waals surface area contributed by atoms with Gasteiger partial charge in [-0.3, -0.25) is 5.32 Å². The monoisotopic (exact) mass is 521 g/mol. The van der Waals surface area contributed by atoms with Crippen LogP contribution in [-0.2, 0) is 9.47 Å². The van der Waals surface area contributed by atoms with Crippen molar-refractivity contribution in [3.05, 3.63) is 83.9 Å². The maximum atomic E-state index is 12.8. The SMILES string of the molecule is COCCOc1ccc2c(C#N)c(-c3ccc(NC(=O)OC(c4ccccc4)C4CC4)cc3)n(C3CC3)c2c1. The number of fused-ring (bicyclic) bond motifs is 1. The first-order valence-corrected chi connectivity index (χ1v) is 13.5. The second kappa shape index (κ2) is 10.8. The number of aromatic nitrogens is 1. The highest BCUT2D eigenvalue weighted by Crippen LogP contribution is 2.46. The molecule has 0 aliphatic heterocycles. The van der Waals surface area contributed by atoms with Gasteiger partial charge in [0.2, 0.25) is 0 Å². The van der Waals surface area contributed by atoms with Crippen molar-refractivity contribution < 1.29 is 19.0 Å². The Balaban J connectivity index is 1.24. The Hall–Kier alpha value is -4.28. The van der Waals surface area contributed by atoms with Gasteiger partial charge < -0.3 is 18.8 Å². The molecule has 1 aromatic heterocycles. The lowest BCUT2D eigenvalue weighted by Gasteiger charge is -2.18. The predicted molar refractivity (Wildman–Crippen MR) is 150 cm³/mol. The summed E-state index contributed by atoms with van der Waals surface area (Å²) < 4.78 is 19.1. The number of carbonyl (C=O) groups excluding carboxylic acids is 1. The van der Waals surface area contributed by atoms with E-state index >= 15 is 0 Å². The summed E-state index contributed by atoms with van der Waals surface area (Å²) in [7, 11) is 1.65. The van der Waals surface area contributed by atoms with Crippen LogP contribution in [0.5, 0.6) is 5.75 Å². The van der Waals surface area contributed by atoms with Gasteiger partial charge in [-0.05, 0) is 61.1 Å². The summed E-state index contributed by atoms with van der Waals surface area (Å²) in [6.07, 6.45) is 3.59. The lowest BCUT2D eigenvalue weighted by atomic mass is 10.1. The van der Waals surface area contributed by atoms with Gasteiger partial charge in [-0.15, -0.1) is 0 Å². The molecule has 2 aliphatic rings. The lowest BCUT2D eigenvalue weighted by Crippen LogP contribution is -2.18. The molecule has 1 atom stereocenters. The number of rotatable bonds is 10. The van der Waals surface area contributed by atoms with Crippen molar-refractivity contribution in [3.8, 4) is 23.1 Å². The van der Waals surface area contributed by atoms with Gasteiger partial charge in [0.05, 0.1) is 23.4 Å². The number of methoxy groups -OCH3 is 1. The van der Waals surface area contributed by atoms with Crippen LogP contribution in [0.4, 0.5) is 10.5 Å². The number of hydrogen-bond acceptors (Lipinski definition) is 5.